The number of aliphatic carboxylic acids is 5. The Hall–Kier alpha value is -7.15. The summed E-state index contributed by atoms with van der Waals surface area (Å²) in [4.78, 5) is 104. The van der Waals surface area contributed by atoms with Gasteiger partial charge in [0, 0.05) is 39.0 Å². The van der Waals surface area contributed by atoms with Crippen molar-refractivity contribution in [3.8, 4) is 0 Å². The first-order valence-electron chi connectivity index (χ1n) is 20.8. The average Bonchev–Trinajstić information content (AvgIpc) is 3.24. The van der Waals surface area contributed by atoms with Gasteiger partial charge in [-0.25, -0.2) is 24.0 Å². The van der Waals surface area contributed by atoms with Gasteiger partial charge in [-0.2, -0.15) is 52.7 Å². The van der Waals surface area contributed by atoms with Crippen LogP contribution in [-0.2, 0) is 43.2 Å². The second kappa shape index (κ2) is 40.3. The molecule has 0 heterocycles. The summed E-state index contributed by atoms with van der Waals surface area (Å²) in [6.07, 6.45) is -14.8. The monoisotopic (exact) mass is 1110 g/mol. The molecule has 0 fully saturated rings. The Morgan fingerprint density at radius 2 is 0.757 bits per heavy atom. The zero-order valence-corrected chi connectivity index (χ0v) is 38.8. The minimum Gasteiger partial charge on any atom is -0.480 e. The van der Waals surface area contributed by atoms with Crippen LogP contribution in [0.5, 0.6) is 0 Å². The fourth-order valence-electron chi connectivity index (χ4n) is 4.20. The number of aliphatic imine (C=N–C) groups is 2. The molecule has 432 valence electrons. The molecule has 0 aromatic rings. The van der Waals surface area contributed by atoms with Gasteiger partial charge in [0.1, 0.15) is 12.1 Å². The van der Waals surface area contributed by atoms with Gasteiger partial charge in [-0.1, -0.05) is 0 Å². The zero-order chi connectivity index (χ0) is 59.1. The number of carboxylic acid groups (broad SMARTS) is 5. The van der Waals surface area contributed by atoms with Crippen molar-refractivity contribution in [2.75, 3.05) is 32.7 Å². The SMILES string of the molecule is NCCCC[C@H](NC(=O)CCCCNC(=O)[C@H](CCCN=C(N)N)NC(=O)CCCCNC(=O)[C@@H](N)CCCN=C(N)N)C(=O)O.O=C(O)C(F)(F)F.O=C(O)C(F)(F)F.O=C(O)C(F)(F)F.O=C(O)C(F)(F)F. The topological polar surface area (TPSA) is 484 Å². The molecule has 0 aliphatic carbocycles. The number of unbranched alkanes of at least 4 members (excludes halogenated alkanes) is 3. The number of guanidine groups is 2. The highest BCUT2D eigenvalue weighted by atomic mass is 19.4. The number of hydrogen-bond acceptors (Lipinski definition) is 13. The molecular formula is C36H60F12N12O14. The summed E-state index contributed by atoms with van der Waals surface area (Å²) in [6.45, 7) is 1.74. The molecule has 0 unspecified atom stereocenters. The third-order valence-electron chi connectivity index (χ3n) is 7.71. The first-order chi connectivity index (χ1) is 33.6. The van der Waals surface area contributed by atoms with Crippen LogP contribution in [0, 0.1) is 0 Å². The van der Waals surface area contributed by atoms with E-state index in [2.05, 4.69) is 31.3 Å². The summed E-state index contributed by atoms with van der Waals surface area (Å²) in [7, 11) is 0. The van der Waals surface area contributed by atoms with Crippen LogP contribution in [0.4, 0.5) is 52.7 Å². The molecule has 38 heteroatoms. The summed E-state index contributed by atoms with van der Waals surface area (Å²) >= 11 is 0. The van der Waals surface area contributed by atoms with Gasteiger partial charge in [0.25, 0.3) is 0 Å². The van der Waals surface area contributed by atoms with Gasteiger partial charge in [0.2, 0.25) is 23.6 Å². The Balaban J connectivity index is -0.000000452. The van der Waals surface area contributed by atoms with Gasteiger partial charge in [-0.05, 0) is 77.2 Å². The van der Waals surface area contributed by atoms with Gasteiger partial charge in [0.15, 0.2) is 11.9 Å². The molecular weight excluding hydrogens is 1050 g/mol. The molecule has 0 saturated heterocycles. The molecule has 0 bridgehead atoms. The standard InChI is InChI=1S/C28H56N12O6.4C2HF3O2/c29-14-4-1-10-21(26(45)46)40-23(42)13-3-6-16-36-25(44)20(11-8-18-38-28(33)34)39-22(41)12-2-5-15-35-24(43)19(30)9-7-17-37-27(31)32;4*3-2(4,5)1(6)7/h19-21H,1-18,29-30H2,(H,35,43)(H,36,44)(H,39,41)(H,40,42)(H,45,46)(H4,31,32,37)(H4,33,34,38);4*(H,6,7)/t19-,20-,21-;;;;/m0..../s1. The highest BCUT2D eigenvalue weighted by molar-refractivity contribution is 5.87. The highest BCUT2D eigenvalue weighted by Gasteiger charge is 2.40. The van der Waals surface area contributed by atoms with E-state index in [0.29, 0.717) is 90.3 Å². The summed E-state index contributed by atoms with van der Waals surface area (Å²) in [6, 6.07) is -2.46. The summed E-state index contributed by atoms with van der Waals surface area (Å²) in [5.41, 5.74) is 32.5. The second-order valence-electron chi connectivity index (χ2n) is 14.1. The van der Waals surface area contributed by atoms with E-state index in [1.165, 1.54) is 0 Å². The Bertz CT molecular complexity index is 1690. The molecule has 0 aromatic carbocycles. The van der Waals surface area contributed by atoms with Crippen molar-refractivity contribution in [1.29, 1.82) is 0 Å². The minimum atomic E-state index is -5.08. The third-order valence-corrected chi connectivity index (χ3v) is 7.71. The summed E-state index contributed by atoms with van der Waals surface area (Å²) in [5, 5.41) is 48.6. The molecule has 26 nitrogen and oxygen atoms in total. The number of rotatable bonds is 27. The molecule has 0 aliphatic heterocycles. The number of alkyl halides is 12. The molecule has 3 atom stereocenters. The molecule has 0 rings (SSSR count). The van der Waals surface area contributed by atoms with E-state index in [-0.39, 0.29) is 61.5 Å². The third kappa shape index (κ3) is 51.2. The fourth-order valence-corrected chi connectivity index (χ4v) is 4.20. The van der Waals surface area contributed by atoms with Crippen LogP contribution in [0.15, 0.2) is 9.98 Å². The Labute approximate surface area is 411 Å². The van der Waals surface area contributed by atoms with E-state index >= 15 is 0 Å². The number of carboxylic acids is 5. The van der Waals surface area contributed by atoms with Crippen LogP contribution in [0.3, 0.4) is 0 Å². The lowest BCUT2D eigenvalue weighted by Gasteiger charge is -2.18. The molecule has 21 N–H and O–H groups in total. The lowest BCUT2D eigenvalue weighted by atomic mass is 10.1. The van der Waals surface area contributed by atoms with Crippen LogP contribution >= 0.6 is 0 Å². The van der Waals surface area contributed by atoms with E-state index in [1.807, 2.05) is 0 Å². The Morgan fingerprint density at radius 1 is 0.446 bits per heavy atom. The van der Waals surface area contributed by atoms with Gasteiger partial charge in [0.05, 0.1) is 6.04 Å². The van der Waals surface area contributed by atoms with Crippen LogP contribution in [0.25, 0.3) is 0 Å². The van der Waals surface area contributed by atoms with E-state index in [1.54, 1.807) is 0 Å². The van der Waals surface area contributed by atoms with Crippen LogP contribution in [0.1, 0.15) is 83.5 Å². The van der Waals surface area contributed by atoms with Crippen molar-refractivity contribution in [2.45, 2.75) is 126 Å². The van der Waals surface area contributed by atoms with Crippen molar-refractivity contribution in [2.24, 2.45) is 44.4 Å². The number of nitrogens with two attached hydrogens (primary N) is 6. The number of nitrogens with one attached hydrogen (secondary N) is 4. The molecule has 74 heavy (non-hydrogen) atoms. The van der Waals surface area contributed by atoms with E-state index < -0.39 is 72.7 Å². The predicted octanol–water partition coefficient (Wildman–Crippen LogP) is -0.290. The van der Waals surface area contributed by atoms with E-state index in [0.717, 1.165) is 0 Å². The molecule has 4 amide bonds. The maximum Gasteiger partial charge on any atom is 0.490 e. The van der Waals surface area contributed by atoms with Crippen LogP contribution in [-0.4, -0.2) is 166 Å². The van der Waals surface area contributed by atoms with Crippen LogP contribution in [0.2, 0.25) is 0 Å². The molecule has 0 radical (unpaired) electrons. The second-order valence-corrected chi connectivity index (χ2v) is 14.1. The average molecular weight is 1110 g/mol. The minimum absolute atomic E-state index is 0.0155. The van der Waals surface area contributed by atoms with E-state index in [4.69, 9.17) is 74.0 Å². The predicted molar refractivity (Wildman–Crippen MR) is 231 cm³/mol. The van der Waals surface area contributed by atoms with Crippen molar-refractivity contribution >= 4 is 65.4 Å². The maximum atomic E-state index is 12.8. The van der Waals surface area contributed by atoms with Crippen LogP contribution < -0.4 is 55.7 Å². The summed E-state index contributed by atoms with van der Waals surface area (Å²) < 4.78 is 127. The van der Waals surface area contributed by atoms with Crippen molar-refractivity contribution < 1.29 is 121 Å². The number of amides is 4. The van der Waals surface area contributed by atoms with Crippen molar-refractivity contribution in [1.82, 2.24) is 21.3 Å². The van der Waals surface area contributed by atoms with Crippen molar-refractivity contribution in [3.05, 3.63) is 0 Å². The normalized spacial score (nSPS) is 12.1. The largest absolute Gasteiger partial charge is 0.490 e. The number of carbonyl (C=O) groups excluding carboxylic acids is 4. The summed E-state index contributed by atoms with van der Waals surface area (Å²) in [5.74, 6) is -13.6. The zero-order valence-electron chi connectivity index (χ0n) is 38.8. The molecule has 0 saturated carbocycles. The van der Waals surface area contributed by atoms with Gasteiger partial charge >= 0.3 is 54.6 Å². The highest BCUT2D eigenvalue weighted by Crippen LogP contribution is 2.15. The van der Waals surface area contributed by atoms with Crippen molar-refractivity contribution in [3.63, 3.8) is 0 Å². The number of halogens is 12. The lowest BCUT2D eigenvalue weighted by Crippen LogP contribution is -2.47. The Morgan fingerprint density at radius 3 is 1.07 bits per heavy atom. The molecule has 0 aliphatic rings. The van der Waals surface area contributed by atoms with Gasteiger partial charge in [-0.3, -0.25) is 29.2 Å². The maximum absolute atomic E-state index is 12.8. The van der Waals surface area contributed by atoms with Gasteiger partial charge in [-0.15, -0.1) is 0 Å². The molecule has 0 spiro atoms. The Kier molecular flexibility index (Phi) is 41.3. The number of carbonyl (C=O) groups is 9. The first-order valence-corrected chi connectivity index (χ1v) is 20.8. The fraction of sp³-hybridized carbons (Fsp3) is 0.694. The first kappa shape index (κ1) is 75.8. The number of nitrogens with zero attached hydrogens (tertiary/aromatic N) is 2. The number of hydrogen-bond donors (Lipinski definition) is 15. The van der Waals surface area contributed by atoms with E-state index in [9.17, 15) is 81.8 Å². The van der Waals surface area contributed by atoms with Gasteiger partial charge < -0.3 is 81.2 Å². The smallest absolute Gasteiger partial charge is 0.480 e. The quantitative estimate of drug-likeness (QED) is 0.0217. The lowest BCUT2D eigenvalue weighted by molar-refractivity contribution is -0.193. The molecule has 0 aromatic heterocycles.